The van der Waals surface area contributed by atoms with Gasteiger partial charge in [-0.3, -0.25) is 4.90 Å². The Hall–Kier alpha value is -1.32. The van der Waals surface area contributed by atoms with Crippen LogP contribution in [-0.2, 0) is 11.2 Å². The molecule has 1 unspecified atom stereocenters. The van der Waals surface area contributed by atoms with E-state index in [1.165, 1.54) is 36.3 Å². The lowest BCUT2D eigenvalue weighted by Gasteiger charge is -2.33. The van der Waals surface area contributed by atoms with E-state index in [1.54, 1.807) is 7.11 Å². The predicted octanol–water partition coefficient (Wildman–Crippen LogP) is 2.55. The van der Waals surface area contributed by atoms with Gasteiger partial charge in [0.1, 0.15) is 0 Å². The van der Waals surface area contributed by atoms with Crippen LogP contribution in [0.1, 0.15) is 12.0 Å². The van der Waals surface area contributed by atoms with Crippen LogP contribution in [0.2, 0.25) is 0 Å². The number of rotatable bonds is 4. The van der Waals surface area contributed by atoms with Crippen molar-refractivity contribution in [2.24, 2.45) is 5.92 Å². The van der Waals surface area contributed by atoms with Gasteiger partial charge in [0.05, 0.1) is 6.61 Å². The summed E-state index contributed by atoms with van der Waals surface area (Å²) in [6, 6.07) is 8.69. The lowest BCUT2D eigenvalue weighted by Crippen LogP contribution is -2.38. The van der Waals surface area contributed by atoms with Gasteiger partial charge in [-0.25, -0.2) is 0 Å². The summed E-state index contributed by atoms with van der Waals surface area (Å²) in [4.78, 5) is 2.57. The van der Waals surface area contributed by atoms with Gasteiger partial charge in [-0.2, -0.15) is 0 Å². The Bertz CT molecular complexity index is 484. The number of hydrogen-bond donors (Lipinski definition) is 1. The number of benzene rings is 1. The molecule has 0 radical (unpaired) electrons. The minimum Gasteiger partial charge on any atom is -0.384 e. The zero-order chi connectivity index (χ0) is 13.8. The van der Waals surface area contributed by atoms with E-state index in [9.17, 15) is 0 Å². The Morgan fingerprint density at radius 3 is 3.05 bits per heavy atom. The molecule has 0 bridgehead atoms. The molecule has 0 aliphatic carbocycles. The quantitative estimate of drug-likeness (QED) is 0.853. The summed E-state index contributed by atoms with van der Waals surface area (Å²) >= 11 is 0. The Balaban J connectivity index is 1.53. The third-order valence-corrected chi connectivity index (χ3v) is 4.34. The number of fused-ring (bicyclic) bond motifs is 1. The number of methoxy groups -OCH3 is 1. The van der Waals surface area contributed by atoms with Gasteiger partial charge >= 0.3 is 0 Å². The monoisotopic (exact) mass is 272 g/mol. The average molecular weight is 272 g/mol. The van der Waals surface area contributed by atoms with Crippen molar-refractivity contribution in [3.8, 4) is 0 Å². The molecule has 3 heteroatoms. The molecule has 0 saturated carbocycles. The van der Waals surface area contributed by atoms with Gasteiger partial charge in [0, 0.05) is 39.0 Å². The molecular formula is C17H24N2O. The van der Waals surface area contributed by atoms with Crippen molar-refractivity contribution in [2.45, 2.75) is 12.8 Å². The van der Waals surface area contributed by atoms with Gasteiger partial charge in [-0.15, -0.1) is 0 Å². The normalized spacial score (nSPS) is 22.9. The number of ether oxygens (including phenoxy) is 1. The standard InChI is InChI=1S/C17H24N2O/c1-20-13-14-6-8-19(9-7-14)12-15-10-16-4-2-3-5-17(16)18-11-15/h2-6,15,18H,7-13H2,1H3. The largest absolute Gasteiger partial charge is 0.384 e. The van der Waals surface area contributed by atoms with Crippen LogP contribution < -0.4 is 5.32 Å². The summed E-state index contributed by atoms with van der Waals surface area (Å²) in [6.45, 7) is 5.34. The maximum Gasteiger partial charge on any atom is 0.0673 e. The molecule has 3 rings (SSSR count). The van der Waals surface area contributed by atoms with E-state index in [-0.39, 0.29) is 0 Å². The van der Waals surface area contributed by atoms with Crippen molar-refractivity contribution in [3.63, 3.8) is 0 Å². The van der Waals surface area contributed by atoms with E-state index < -0.39 is 0 Å². The molecule has 2 aliphatic rings. The minimum absolute atomic E-state index is 0.724. The van der Waals surface area contributed by atoms with Gasteiger partial charge in [-0.05, 0) is 36.0 Å². The molecule has 0 amide bonds. The van der Waals surface area contributed by atoms with Gasteiger partial charge in [0.2, 0.25) is 0 Å². The van der Waals surface area contributed by atoms with E-state index in [1.807, 2.05) is 0 Å². The highest BCUT2D eigenvalue weighted by atomic mass is 16.5. The van der Waals surface area contributed by atoms with Crippen molar-refractivity contribution in [3.05, 3.63) is 41.5 Å². The van der Waals surface area contributed by atoms with Crippen LogP contribution in [0.3, 0.4) is 0 Å². The molecular weight excluding hydrogens is 248 g/mol. The van der Waals surface area contributed by atoms with Crippen molar-refractivity contribution >= 4 is 5.69 Å². The molecule has 2 aliphatic heterocycles. The van der Waals surface area contributed by atoms with E-state index in [0.29, 0.717) is 0 Å². The van der Waals surface area contributed by atoms with E-state index in [2.05, 4.69) is 40.6 Å². The zero-order valence-electron chi connectivity index (χ0n) is 12.3. The molecule has 0 aromatic heterocycles. The fraction of sp³-hybridized carbons (Fsp3) is 0.529. The topological polar surface area (TPSA) is 24.5 Å². The molecule has 1 atom stereocenters. The Morgan fingerprint density at radius 2 is 2.25 bits per heavy atom. The Morgan fingerprint density at radius 1 is 1.35 bits per heavy atom. The highest BCUT2D eigenvalue weighted by Crippen LogP contribution is 2.25. The maximum absolute atomic E-state index is 5.21. The summed E-state index contributed by atoms with van der Waals surface area (Å²) in [7, 11) is 1.78. The van der Waals surface area contributed by atoms with Gasteiger partial charge in [-0.1, -0.05) is 24.3 Å². The van der Waals surface area contributed by atoms with Crippen LogP contribution in [0.4, 0.5) is 5.69 Å². The Labute approximate surface area is 121 Å². The summed E-state index contributed by atoms with van der Waals surface area (Å²) < 4.78 is 5.21. The SMILES string of the molecule is COCC1=CCN(CC2CNc3ccccc3C2)CC1. The van der Waals surface area contributed by atoms with E-state index >= 15 is 0 Å². The highest BCUT2D eigenvalue weighted by molar-refractivity contribution is 5.53. The molecule has 0 spiro atoms. The first-order chi connectivity index (χ1) is 9.85. The summed E-state index contributed by atoms with van der Waals surface area (Å²) in [5.41, 5.74) is 4.25. The van der Waals surface area contributed by atoms with Crippen LogP contribution in [-0.4, -0.2) is 44.8 Å². The zero-order valence-corrected chi connectivity index (χ0v) is 12.3. The lowest BCUT2D eigenvalue weighted by atomic mass is 9.93. The van der Waals surface area contributed by atoms with Gasteiger partial charge in [0.25, 0.3) is 0 Å². The molecule has 3 nitrogen and oxygen atoms in total. The summed E-state index contributed by atoms with van der Waals surface area (Å²) in [5.74, 6) is 0.724. The van der Waals surface area contributed by atoms with E-state index in [0.717, 1.165) is 32.0 Å². The fourth-order valence-corrected chi connectivity index (χ4v) is 3.24. The fourth-order valence-electron chi connectivity index (χ4n) is 3.24. The van der Waals surface area contributed by atoms with Crippen molar-refractivity contribution in [1.29, 1.82) is 0 Å². The first kappa shape index (κ1) is 13.7. The second kappa shape index (κ2) is 6.42. The molecule has 1 N–H and O–H groups in total. The maximum atomic E-state index is 5.21. The van der Waals surface area contributed by atoms with Crippen molar-refractivity contribution < 1.29 is 4.74 Å². The van der Waals surface area contributed by atoms with Gasteiger partial charge < -0.3 is 10.1 Å². The molecule has 20 heavy (non-hydrogen) atoms. The van der Waals surface area contributed by atoms with Gasteiger partial charge in [0.15, 0.2) is 0 Å². The number of anilines is 1. The number of para-hydroxylation sites is 1. The lowest BCUT2D eigenvalue weighted by molar-refractivity contribution is 0.204. The van der Waals surface area contributed by atoms with E-state index in [4.69, 9.17) is 4.74 Å². The Kier molecular flexibility index (Phi) is 4.38. The second-order valence-corrected chi connectivity index (χ2v) is 5.91. The molecule has 0 saturated heterocycles. The summed E-state index contributed by atoms with van der Waals surface area (Å²) in [6.07, 6.45) is 4.70. The molecule has 0 fully saturated rings. The van der Waals surface area contributed by atoms with Crippen molar-refractivity contribution in [1.82, 2.24) is 4.90 Å². The van der Waals surface area contributed by atoms with Crippen LogP contribution in [0, 0.1) is 5.92 Å². The third-order valence-electron chi connectivity index (χ3n) is 4.34. The molecule has 2 heterocycles. The van der Waals surface area contributed by atoms with Crippen LogP contribution in [0.15, 0.2) is 35.9 Å². The summed E-state index contributed by atoms with van der Waals surface area (Å²) in [5, 5.41) is 3.57. The van der Waals surface area contributed by atoms with Crippen molar-refractivity contribution in [2.75, 3.05) is 45.2 Å². The first-order valence-electron chi connectivity index (χ1n) is 7.56. The predicted molar refractivity (Wildman–Crippen MR) is 83.1 cm³/mol. The first-order valence-corrected chi connectivity index (χ1v) is 7.56. The smallest absolute Gasteiger partial charge is 0.0673 e. The molecule has 108 valence electrons. The van der Waals surface area contributed by atoms with Crippen LogP contribution >= 0.6 is 0 Å². The highest BCUT2D eigenvalue weighted by Gasteiger charge is 2.21. The third kappa shape index (κ3) is 3.22. The second-order valence-electron chi connectivity index (χ2n) is 5.91. The number of nitrogens with zero attached hydrogens (tertiary/aromatic N) is 1. The molecule has 1 aromatic carbocycles. The molecule has 1 aromatic rings. The van der Waals surface area contributed by atoms with Crippen LogP contribution in [0.25, 0.3) is 0 Å². The number of hydrogen-bond acceptors (Lipinski definition) is 3. The number of nitrogens with one attached hydrogen (secondary N) is 1. The average Bonchev–Trinajstić information content (AvgIpc) is 2.49. The van der Waals surface area contributed by atoms with Crippen LogP contribution in [0.5, 0.6) is 0 Å². The minimum atomic E-state index is 0.724.